The van der Waals surface area contributed by atoms with Crippen molar-refractivity contribution in [3.63, 3.8) is 0 Å². The number of nitrogens with zero attached hydrogens (tertiary/aromatic N) is 4. The van der Waals surface area contributed by atoms with Crippen LogP contribution in [0, 0.1) is 0 Å². The molecule has 0 atom stereocenters. The third-order valence-corrected chi connectivity index (χ3v) is 4.07. The van der Waals surface area contributed by atoms with E-state index in [9.17, 15) is 4.79 Å². The molecule has 126 valence electrons. The molecule has 8 heteroatoms. The van der Waals surface area contributed by atoms with Gasteiger partial charge < -0.3 is 9.47 Å². The molecule has 0 spiro atoms. The van der Waals surface area contributed by atoms with Crippen LogP contribution in [0.5, 0.6) is 11.5 Å². The van der Waals surface area contributed by atoms with Gasteiger partial charge in [-0.2, -0.15) is 9.36 Å². The molecule has 2 aromatic heterocycles. The molecule has 3 aromatic rings. The van der Waals surface area contributed by atoms with Gasteiger partial charge in [0.15, 0.2) is 0 Å². The summed E-state index contributed by atoms with van der Waals surface area (Å²) >= 11 is 1.44. The van der Waals surface area contributed by atoms with E-state index in [-0.39, 0.29) is 5.69 Å². The van der Waals surface area contributed by atoms with Crippen LogP contribution >= 0.6 is 11.3 Å². The first kappa shape index (κ1) is 16.3. The van der Waals surface area contributed by atoms with Crippen molar-refractivity contribution in [2.24, 2.45) is 0 Å². The first-order chi connectivity index (χ1) is 11.8. The van der Waals surface area contributed by atoms with Crippen LogP contribution < -0.4 is 15.2 Å². The average molecular weight is 346 g/mol. The van der Waals surface area contributed by atoms with E-state index in [4.69, 9.17) is 9.47 Å². The smallest absolute Gasteiger partial charge is 0.369 e. The standard InChI is InChI=1S/C16H18N4O3S/c1-2-10-22-13-5-7-14(8-6-13)23-11-9-19-16(21)20(18-17-19)15-4-3-12-24-15/h3-8,12H,2,9-11H2,1H3. The first-order valence-electron chi connectivity index (χ1n) is 7.70. The topological polar surface area (TPSA) is 71.2 Å². The van der Waals surface area contributed by atoms with E-state index in [1.165, 1.54) is 20.7 Å². The number of tetrazole rings is 1. The maximum atomic E-state index is 12.2. The third-order valence-electron chi connectivity index (χ3n) is 3.22. The Labute approximate surface area is 143 Å². The monoisotopic (exact) mass is 346 g/mol. The van der Waals surface area contributed by atoms with Crippen LogP contribution in [-0.4, -0.2) is 33.0 Å². The fourth-order valence-electron chi connectivity index (χ4n) is 2.05. The van der Waals surface area contributed by atoms with Crippen LogP contribution in [-0.2, 0) is 6.54 Å². The van der Waals surface area contributed by atoms with Crippen molar-refractivity contribution in [3.05, 3.63) is 52.3 Å². The molecule has 1 aromatic carbocycles. The van der Waals surface area contributed by atoms with E-state index in [0.717, 1.165) is 22.9 Å². The highest BCUT2D eigenvalue weighted by Gasteiger charge is 2.09. The molecule has 0 aliphatic carbocycles. The molecule has 0 saturated heterocycles. The number of benzene rings is 1. The molecule has 0 bridgehead atoms. The molecule has 24 heavy (non-hydrogen) atoms. The largest absolute Gasteiger partial charge is 0.494 e. The van der Waals surface area contributed by atoms with Crippen LogP contribution in [0.25, 0.3) is 5.00 Å². The lowest BCUT2D eigenvalue weighted by Gasteiger charge is -2.07. The first-order valence-corrected chi connectivity index (χ1v) is 8.58. The Bertz CT molecular complexity index is 809. The fourth-order valence-corrected chi connectivity index (χ4v) is 2.71. The summed E-state index contributed by atoms with van der Waals surface area (Å²) in [5.41, 5.74) is -0.274. The molecular formula is C16H18N4O3S. The van der Waals surface area contributed by atoms with Gasteiger partial charge in [0, 0.05) is 0 Å². The minimum atomic E-state index is -0.274. The fraction of sp³-hybridized carbons (Fsp3) is 0.312. The summed E-state index contributed by atoms with van der Waals surface area (Å²) in [5.74, 6) is 1.54. The van der Waals surface area contributed by atoms with Crippen molar-refractivity contribution >= 4 is 11.3 Å². The minimum absolute atomic E-state index is 0.274. The van der Waals surface area contributed by atoms with Gasteiger partial charge >= 0.3 is 5.69 Å². The van der Waals surface area contributed by atoms with Gasteiger partial charge in [-0.15, -0.1) is 11.3 Å². The van der Waals surface area contributed by atoms with E-state index in [1.807, 2.05) is 41.8 Å². The average Bonchev–Trinajstić information content (AvgIpc) is 3.24. The van der Waals surface area contributed by atoms with E-state index < -0.39 is 0 Å². The molecule has 0 aliphatic rings. The molecule has 0 saturated carbocycles. The van der Waals surface area contributed by atoms with Gasteiger partial charge in [0.2, 0.25) is 0 Å². The number of ether oxygens (including phenoxy) is 2. The molecular weight excluding hydrogens is 328 g/mol. The number of rotatable bonds is 8. The van der Waals surface area contributed by atoms with Crippen molar-refractivity contribution in [1.29, 1.82) is 0 Å². The van der Waals surface area contributed by atoms with Crippen LogP contribution in [0.3, 0.4) is 0 Å². The predicted molar refractivity (Wildman–Crippen MR) is 91.2 cm³/mol. The quantitative estimate of drug-likeness (QED) is 0.626. The Balaban J connectivity index is 1.54. The third kappa shape index (κ3) is 3.83. The Kier molecular flexibility index (Phi) is 5.27. The summed E-state index contributed by atoms with van der Waals surface area (Å²) in [4.78, 5) is 12.2. The van der Waals surface area contributed by atoms with Gasteiger partial charge in [0.1, 0.15) is 23.1 Å². The number of thiophene rings is 1. The van der Waals surface area contributed by atoms with Crippen LogP contribution in [0.1, 0.15) is 13.3 Å². The highest BCUT2D eigenvalue weighted by molar-refractivity contribution is 7.12. The SMILES string of the molecule is CCCOc1ccc(OCCn2nnn(-c3cccs3)c2=O)cc1. The lowest BCUT2D eigenvalue weighted by atomic mass is 10.3. The predicted octanol–water partition coefficient (Wildman–Crippen LogP) is 2.36. The van der Waals surface area contributed by atoms with Crippen LogP contribution in [0.4, 0.5) is 0 Å². The minimum Gasteiger partial charge on any atom is -0.494 e. The van der Waals surface area contributed by atoms with Crippen molar-refractivity contribution in [1.82, 2.24) is 19.8 Å². The summed E-state index contributed by atoms with van der Waals surface area (Å²) in [5, 5.41) is 10.4. The van der Waals surface area contributed by atoms with Crippen molar-refractivity contribution in [2.75, 3.05) is 13.2 Å². The summed E-state index contributed by atoms with van der Waals surface area (Å²) < 4.78 is 13.7. The van der Waals surface area contributed by atoms with Crippen molar-refractivity contribution in [2.45, 2.75) is 19.9 Å². The van der Waals surface area contributed by atoms with E-state index in [0.29, 0.717) is 19.8 Å². The molecule has 0 aliphatic heterocycles. The Morgan fingerprint density at radius 1 is 1.04 bits per heavy atom. The van der Waals surface area contributed by atoms with Crippen LogP contribution in [0.2, 0.25) is 0 Å². The van der Waals surface area contributed by atoms with E-state index in [1.54, 1.807) is 0 Å². The van der Waals surface area contributed by atoms with E-state index in [2.05, 4.69) is 17.4 Å². The second kappa shape index (κ2) is 7.78. The van der Waals surface area contributed by atoms with Gasteiger partial charge in [-0.1, -0.05) is 6.92 Å². The number of hydrogen-bond donors (Lipinski definition) is 0. The second-order valence-corrected chi connectivity index (χ2v) is 5.94. The maximum Gasteiger partial charge on any atom is 0.369 e. The lowest BCUT2D eigenvalue weighted by Crippen LogP contribution is -2.26. The molecule has 0 amide bonds. The highest BCUT2D eigenvalue weighted by atomic mass is 32.1. The lowest BCUT2D eigenvalue weighted by molar-refractivity contribution is 0.285. The molecule has 0 N–H and O–H groups in total. The molecule has 0 unspecified atom stereocenters. The number of hydrogen-bond acceptors (Lipinski definition) is 6. The van der Waals surface area contributed by atoms with E-state index >= 15 is 0 Å². The second-order valence-electron chi connectivity index (χ2n) is 5.02. The molecule has 3 rings (SSSR count). The maximum absolute atomic E-state index is 12.2. The van der Waals surface area contributed by atoms with Gasteiger partial charge in [0.25, 0.3) is 0 Å². The molecule has 0 radical (unpaired) electrons. The van der Waals surface area contributed by atoms with Crippen LogP contribution in [0.15, 0.2) is 46.6 Å². The Morgan fingerprint density at radius 3 is 2.38 bits per heavy atom. The molecule has 7 nitrogen and oxygen atoms in total. The Hall–Kier alpha value is -2.61. The summed E-state index contributed by atoms with van der Waals surface area (Å²) in [6, 6.07) is 11.1. The molecule has 2 heterocycles. The zero-order valence-electron chi connectivity index (χ0n) is 13.3. The summed E-state index contributed by atoms with van der Waals surface area (Å²) in [6.45, 7) is 3.42. The molecule has 0 fully saturated rings. The summed E-state index contributed by atoms with van der Waals surface area (Å²) in [6.07, 6.45) is 0.971. The van der Waals surface area contributed by atoms with Gasteiger partial charge in [-0.3, -0.25) is 0 Å². The zero-order chi connectivity index (χ0) is 16.8. The highest BCUT2D eigenvalue weighted by Crippen LogP contribution is 2.17. The van der Waals surface area contributed by atoms with Crippen molar-refractivity contribution in [3.8, 4) is 16.5 Å². The zero-order valence-corrected chi connectivity index (χ0v) is 14.1. The number of aromatic nitrogens is 4. The van der Waals surface area contributed by atoms with Gasteiger partial charge in [-0.05, 0) is 58.6 Å². The van der Waals surface area contributed by atoms with Gasteiger partial charge in [-0.25, -0.2) is 4.79 Å². The normalized spacial score (nSPS) is 10.7. The summed E-state index contributed by atoms with van der Waals surface area (Å²) in [7, 11) is 0. The van der Waals surface area contributed by atoms with Gasteiger partial charge in [0.05, 0.1) is 13.2 Å². The Morgan fingerprint density at radius 2 is 1.75 bits per heavy atom. The van der Waals surface area contributed by atoms with Crippen molar-refractivity contribution < 1.29 is 9.47 Å².